The van der Waals surface area contributed by atoms with Crippen LogP contribution in [0.4, 0.5) is 0 Å². The second-order valence-corrected chi connectivity index (χ2v) is 5.03. The summed E-state index contributed by atoms with van der Waals surface area (Å²) in [7, 11) is 0. The van der Waals surface area contributed by atoms with E-state index < -0.39 is 0 Å². The molecule has 2 rings (SSSR count). The van der Waals surface area contributed by atoms with Crippen LogP contribution in [0.5, 0.6) is 5.75 Å². The summed E-state index contributed by atoms with van der Waals surface area (Å²) in [5, 5.41) is 16.8. The Kier molecular flexibility index (Phi) is 5.20. The van der Waals surface area contributed by atoms with Gasteiger partial charge in [-0.05, 0) is 30.2 Å². The predicted octanol–water partition coefficient (Wildman–Crippen LogP) is 2.74. The fourth-order valence-corrected chi connectivity index (χ4v) is 2.11. The maximum atomic E-state index is 8.86. The highest BCUT2D eigenvalue weighted by atomic mass is 35.5. The van der Waals surface area contributed by atoms with E-state index >= 15 is 0 Å². The van der Waals surface area contributed by atoms with Gasteiger partial charge >= 0.3 is 0 Å². The highest BCUT2D eigenvalue weighted by Crippen LogP contribution is 2.20. The average Bonchev–Trinajstić information content (AvgIpc) is 2.47. The number of amidine groups is 1. The number of hydrogen-bond donors (Lipinski definition) is 3. The molecular formula is C16H17ClN2O2. The van der Waals surface area contributed by atoms with Crippen molar-refractivity contribution in [1.29, 1.82) is 5.41 Å². The summed E-state index contributed by atoms with van der Waals surface area (Å²) in [5.41, 5.74) is 7.90. The number of rotatable bonds is 6. The van der Waals surface area contributed by atoms with Crippen molar-refractivity contribution >= 4 is 17.4 Å². The minimum atomic E-state index is -0.0103. The second-order valence-electron chi connectivity index (χ2n) is 4.63. The molecule has 0 saturated carbocycles. The van der Waals surface area contributed by atoms with Gasteiger partial charge in [0.2, 0.25) is 0 Å². The van der Waals surface area contributed by atoms with E-state index in [2.05, 4.69) is 0 Å². The summed E-state index contributed by atoms with van der Waals surface area (Å²) in [4.78, 5) is 0. The molecule has 0 aliphatic rings. The van der Waals surface area contributed by atoms with E-state index in [4.69, 9.17) is 32.6 Å². The lowest BCUT2D eigenvalue weighted by molar-refractivity contribution is 0.298. The minimum absolute atomic E-state index is 0.0103. The third-order valence-corrected chi connectivity index (χ3v) is 3.43. The number of aliphatic hydroxyl groups excluding tert-OH is 1. The molecule has 0 amide bonds. The first-order valence-corrected chi connectivity index (χ1v) is 6.93. The molecule has 0 fully saturated rings. The monoisotopic (exact) mass is 304 g/mol. The van der Waals surface area contributed by atoms with Gasteiger partial charge < -0.3 is 15.6 Å². The molecule has 0 heterocycles. The highest BCUT2D eigenvalue weighted by Gasteiger charge is 2.05. The lowest BCUT2D eigenvalue weighted by Gasteiger charge is -2.09. The zero-order chi connectivity index (χ0) is 15.2. The fourth-order valence-electron chi connectivity index (χ4n) is 1.87. The zero-order valence-corrected chi connectivity index (χ0v) is 12.2. The van der Waals surface area contributed by atoms with Gasteiger partial charge in [0.15, 0.2) is 0 Å². The minimum Gasteiger partial charge on any atom is -0.489 e. The Morgan fingerprint density at radius 3 is 2.48 bits per heavy atom. The maximum absolute atomic E-state index is 8.86. The van der Waals surface area contributed by atoms with E-state index in [1.807, 2.05) is 24.3 Å². The first kappa shape index (κ1) is 15.4. The van der Waals surface area contributed by atoms with Gasteiger partial charge in [-0.25, -0.2) is 0 Å². The first-order chi connectivity index (χ1) is 10.1. The van der Waals surface area contributed by atoms with Crippen molar-refractivity contribution in [3.8, 4) is 5.75 Å². The van der Waals surface area contributed by atoms with Crippen LogP contribution >= 0.6 is 11.6 Å². The van der Waals surface area contributed by atoms with E-state index in [1.54, 1.807) is 18.2 Å². The molecule has 2 aromatic rings. The molecule has 4 N–H and O–H groups in total. The average molecular weight is 305 g/mol. The van der Waals surface area contributed by atoms with E-state index in [9.17, 15) is 0 Å². The third-order valence-electron chi connectivity index (χ3n) is 3.08. The summed E-state index contributed by atoms with van der Waals surface area (Å²) >= 11 is 6.15. The van der Waals surface area contributed by atoms with E-state index in [-0.39, 0.29) is 12.4 Å². The zero-order valence-electron chi connectivity index (χ0n) is 11.5. The van der Waals surface area contributed by atoms with Gasteiger partial charge in [-0.2, -0.15) is 0 Å². The molecule has 2 aromatic carbocycles. The Balaban J connectivity index is 2.01. The van der Waals surface area contributed by atoms with Crippen LogP contribution in [0.2, 0.25) is 5.02 Å². The van der Waals surface area contributed by atoms with Gasteiger partial charge in [-0.15, -0.1) is 0 Å². The van der Waals surface area contributed by atoms with Gasteiger partial charge in [0, 0.05) is 22.8 Å². The van der Waals surface area contributed by atoms with Crippen molar-refractivity contribution in [2.45, 2.75) is 13.0 Å². The van der Waals surface area contributed by atoms with Crippen LogP contribution in [0.15, 0.2) is 42.5 Å². The summed E-state index contributed by atoms with van der Waals surface area (Å²) in [6.07, 6.45) is 0.638. The molecule has 0 aliphatic heterocycles. The van der Waals surface area contributed by atoms with E-state index in [1.165, 1.54) is 0 Å². The highest BCUT2D eigenvalue weighted by molar-refractivity contribution is 6.31. The Bertz CT molecular complexity index is 627. The molecule has 0 unspecified atom stereocenters. The molecule has 4 nitrogen and oxygen atoms in total. The molecular weight excluding hydrogens is 288 g/mol. The summed E-state index contributed by atoms with van der Waals surface area (Å²) < 4.78 is 5.67. The van der Waals surface area contributed by atoms with Crippen molar-refractivity contribution in [2.75, 3.05) is 6.61 Å². The number of nitrogen functional groups attached to an aromatic ring is 1. The molecule has 0 aliphatic carbocycles. The smallest absolute Gasteiger partial charge is 0.122 e. The molecule has 21 heavy (non-hydrogen) atoms. The van der Waals surface area contributed by atoms with Crippen molar-refractivity contribution in [3.63, 3.8) is 0 Å². The number of benzene rings is 2. The molecule has 0 atom stereocenters. The second kappa shape index (κ2) is 7.11. The molecule has 0 aromatic heterocycles. The van der Waals surface area contributed by atoms with Crippen molar-refractivity contribution < 1.29 is 9.84 Å². The van der Waals surface area contributed by atoms with Crippen molar-refractivity contribution in [1.82, 2.24) is 0 Å². The van der Waals surface area contributed by atoms with Crippen LogP contribution in [0, 0.1) is 5.41 Å². The quantitative estimate of drug-likeness (QED) is 0.567. The Labute approximate surface area is 128 Å². The van der Waals surface area contributed by atoms with Crippen LogP contribution in [0.3, 0.4) is 0 Å². The molecule has 0 radical (unpaired) electrons. The van der Waals surface area contributed by atoms with Crippen LogP contribution in [-0.4, -0.2) is 17.5 Å². The maximum Gasteiger partial charge on any atom is 0.122 e. The SMILES string of the molecule is N=C(N)c1ccc(COc2ccc(CCO)cc2)c(Cl)c1. The van der Waals surface area contributed by atoms with E-state index in [0.717, 1.165) is 16.9 Å². The van der Waals surface area contributed by atoms with Crippen molar-refractivity contribution in [2.24, 2.45) is 5.73 Å². The standard InChI is InChI=1S/C16H17ClN2O2/c17-15-9-12(16(18)19)3-4-13(15)10-21-14-5-1-11(2-6-14)7-8-20/h1-6,9,20H,7-8,10H2,(H3,18,19). The van der Waals surface area contributed by atoms with Crippen LogP contribution < -0.4 is 10.5 Å². The first-order valence-electron chi connectivity index (χ1n) is 6.55. The molecule has 0 bridgehead atoms. The number of aliphatic hydroxyl groups is 1. The largest absolute Gasteiger partial charge is 0.489 e. The molecule has 110 valence electrons. The Morgan fingerprint density at radius 2 is 1.90 bits per heavy atom. The van der Waals surface area contributed by atoms with Gasteiger partial charge in [0.05, 0.1) is 0 Å². The van der Waals surface area contributed by atoms with Crippen molar-refractivity contribution in [3.05, 3.63) is 64.2 Å². The van der Waals surface area contributed by atoms with Gasteiger partial charge in [0.1, 0.15) is 18.2 Å². The normalized spacial score (nSPS) is 10.4. The number of ether oxygens (including phenoxy) is 1. The molecule has 5 heteroatoms. The molecule has 0 spiro atoms. The number of hydrogen-bond acceptors (Lipinski definition) is 3. The number of nitrogens with two attached hydrogens (primary N) is 1. The van der Waals surface area contributed by atoms with Crippen LogP contribution in [0.1, 0.15) is 16.7 Å². The third kappa shape index (κ3) is 4.21. The fraction of sp³-hybridized carbons (Fsp3) is 0.188. The predicted molar refractivity (Wildman–Crippen MR) is 84.0 cm³/mol. The molecule has 0 saturated heterocycles. The van der Waals surface area contributed by atoms with Gasteiger partial charge in [0.25, 0.3) is 0 Å². The van der Waals surface area contributed by atoms with Crippen LogP contribution in [0.25, 0.3) is 0 Å². The number of halogens is 1. The topological polar surface area (TPSA) is 79.3 Å². The van der Waals surface area contributed by atoms with Gasteiger partial charge in [-0.3, -0.25) is 5.41 Å². The summed E-state index contributed by atoms with van der Waals surface area (Å²) in [6, 6.07) is 12.8. The van der Waals surface area contributed by atoms with Crippen LogP contribution in [-0.2, 0) is 13.0 Å². The van der Waals surface area contributed by atoms with Gasteiger partial charge in [-0.1, -0.05) is 35.9 Å². The Morgan fingerprint density at radius 1 is 1.19 bits per heavy atom. The summed E-state index contributed by atoms with van der Waals surface area (Å²) in [6.45, 7) is 0.481. The number of nitrogens with one attached hydrogen (secondary N) is 1. The lowest BCUT2D eigenvalue weighted by Crippen LogP contribution is -2.11. The Hall–Kier alpha value is -2.04. The summed E-state index contributed by atoms with van der Waals surface area (Å²) in [5.74, 6) is 0.729. The lowest BCUT2D eigenvalue weighted by atomic mass is 10.1. The van der Waals surface area contributed by atoms with E-state index in [0.29, 0.717) is 23.6 Å².